The molecule has 0 saturated heterocycles. The number of nitrogens with one attached hydrogen (secondary N) is 2. The van der Waals surface area contributed by atoms with E-state index in [0.29, 0.717) is 16.4 Å². The summed E-state index contributed by atoms with van der Waals surface area (Å²) in [5, 5.41) is 27.8. The molecule has 0 unspecified atom stereocenters. The molecular formula is C23H19ClF3N5O4. The lowest BCUT2D eigenvalue weighted by atomic mass is 10.2. The molecule has 2 heterocycles. The van der Waals surface area contributed by atoms with Crippen LogP contribution < -0.4 is 10.6 Å². The highest BCUT2D eigenvalue weighted by atomic mass is 35.5. The largest absolute Gasteiger partial charge is 0.490 e. The molecule has 4 aromatic rings. The third-order valence-corrected chi connectivity index (χ3v) is 4.92. The van der Waals surface area contributed by atoms with Gasteiger partial charge in [0.2, 0.25) is 0 Å². The molecule has 4 rings (SSSR count). The summed E-state index contributed by atoms with van der Waals surface area (Å²) in [6, 6.07) is 16.8. The number of aliphatic hydroxyl groups excluding tert-OH is 1. The molecule has 2 aromatic carbocycles. The van der Waals surface area contributed by atoms with Crippen LogP contribution in [0.5, 0.6) is 0 Å². The summed E-state index contributed by atoms with van der Waals surface area (Å²) in [7, 11) is 0. The van der Waals surface area contributed by atoms with Gasteiger partial charge in [0.05, 0.1) is 34.6 Å². The summed E-state index contributed by atoms with van der Waals surface area (Å²) in [6.45, 7) is 0.0960. The van der Waals surface area contributed by atoms with Crippen molar-refractivity contribution >= 4 is 45.8 Å². The third-order valence-electron chi connectivity index (χ3n) is 4.59. The van der Waals surface area contributed by atoms with Gasteiger partial charge in [0.15, 0.2) is 5.82 Å². The van der Waals surface area contributed by atoms with Crippen LogP contribution in [0, 0.1) is 0 Å². The van der Waals surface area contributed by atoms with Gasteiger partial charge in [-0.1, -0.05) is 23.7 Å². The number of hydrogen-bond acceptors (Lipinski definition) is 6. The Balaban J connectivity index is 0.000000454. The summed E-state index contributed by atoms with van der Waals surface area (Å²) in [5.41, 5.74) is 3.04. The van der Waals surface area contributed by atoms with Crippen LogP contribution in [0.25, 0.3) is 16.7 Å². The maximum absolute atomic E-state index is 11.9. The van der Waals surface area contributed by atoms with E-state index in [9.17, 15) is 18.0 Å². The van der Waals surface area contributed by atoms with E-state index in [1.165, 1.54) is 6.20 Å². The smallest absolute Gasteiger partial charge is 0.475 e. The Morgan fingerprint density at radius 1 is 1.06 bits per heavy atom. The molecule has 9 nitrogen and oxygen atoms in total. The van der Waals surface area contributed by atoms with Gasteiger partial charge in [-0.15, -0.1) is 0 Å². The first-order chi connectivity index (χ1) is 17.1. The number of pyridine rings is 1. The number of carbonyl (C=O) groups is 2. The summed E-state index contributed by atoms with van der Waals surface area (Å²) in [5.74, 6) is -2.43. The maximum Gasteiger partial charge on any atom is 0.490 e. The van der Waals surface area contributed by atoms with Crippen LogP contribution in [0.2, 0.25) is 5.02 Å². The van der Waals surface area contributed by atoms with Crippen molar-refractivity contribution in [3.8, 4) is 5.82 Å². The van der Waals surface area contributed by atoms with Crippen molar-refractivity contribution in [1.29, 1.82) is 0 Å². The van der Waals surface area contributed by atoms with Gasteiger partial charge in [-0.3, -0.25) is 4.79 Å². The zero-order chi connectivity index (χ0) is 26.3. The van der Waals surface area contributed by atoms with Crippen molar-refractivity contribution in [2.75, 3.05) is 18.5 Å². The number of amides is 1. The number of aromatic nitrogens is 3. The molecule has 0 fully saturated rings. The lowest BCUT2D eigenvalue weighted by molar-refractivity contribution is -0.192. The van der Waals surface area contributed by atoms with Gasteiger partial charge in [-0.05, 0) is 42.5 Å². The predicted molar refractivity (Wildman–Crippen MR) is 127 cm³/mol. The van der Waals surface area contributed by atoms with Crippen molar-refractivity contribution in [3.63, 3.8) is 0 Å². The molecule has 0 spiro atoms. The van der Waals surface area contributed by atoms with Crippen LogP contribution in [0.1, 0.15) is 10.4 Å². The molecule has 188 valence electrons. The SMILES string of the molecule is O=C(NCCO)c1ccc(-n2ncc3cc(Nc4ccccc4Cl)ccc32)nc1.O=C(O)C(F)(F)F. The van der Waals surface area contributed by atoms with E-state index in [-0.39, 0.29) is 19.1 Å². The summed E-state index contributed by atoms with van der Waals surface area (Å²) >= 11 is 6.21. The Morgan fingerprint density at radius 2 is 1.78 bits per heavy atom. The minimum absolute atomic E-state index is 0.107. The number of carboxylic acid groups (broad SMARTS) is 1. The number of fused-ring (bicyclic) bond motifs is 1. The predicted octanol–water partition coefficient (Wildman–Crippen LogP) is 4.17. The van der Waals surface area contributed by atoms with Gasteiger partial charge in [-0.2, -0.15) is 18.3 Å². The Hall–Kier alpha value is -4.16. The maximum atomic E-state index is 11.9. The second-order valence-corrected chi connectivity index (χ2v) is 7.53. The van der Waals surface area contributed by atoms with Gasteiger partial charge >= 0.3 is 12.1 Å². The molecule has 13 heteroatoms. The first-order valence-electron chi connectivity index (χ1n) is 10.2. The number of carboxylic acids is 1. The zero-order valence-corrected chi connectivity index (χ0v) is 19.1. The molecule has 36 heavy (non-hydrogen) atoms. The zero-order valence-electron chi connectivity index (χ0n) is 18.3. The molecule has 2 aromatic heterocycles. The number of halogens is 4. The molecular weight excluding hydrogens is 503 g/mol. The molecule has 1 amide bonds. The quantitative estimate of drug-likeness (QED) is 0.299. The highest BCUT2D eigenvalue weighted by Crippen LogP contribution is 2.27. The number of benzene rings is 2. The number of alkyl halides is 3. The van der Waals surface area contributed by atoms with Gasteiger partial charge in [0.1, 0.15) is 0 Å². The van der Waals surface area contributed by atoms with Crippen LogP contribution in [0.4, 0.5) is 24.5 Å². The summed E-state index contributed by atoms with van der Waals surface area (Å²) < 4.78 is 33.4. The molecule has 0 saturated carbocycles. The molecule has 4 N–H and O–H groups in total. The Kier molecular flexibility index (Phi) is 8.46. The van der Waals surface area contributed by atoms with E-state index in [1.54, 1.807) is 23.0 Å². The van der Waals surface area contributed by atoms with E-state index in [2.05, 4.69) is 20.7 Å². The molecule has 0 aliphatic carbocycles. The van der Waals surface area contributed by atoms with E-state index < -0.39 is 12.1 Å². The normalized spacial score (nSPS) is 10.9. The monoisotopic (exact) mass is 521 g/mol. The fraction of sp³-hybridized carbons (Fsp3) is 0.130. The first-order valence-corrected chi connectivity index (χ1v) is 10.6. The van der Waals surface area contributed by atoms with Crippen LogP contribution in [0.3, 0.4) is 0 Å². The van der Waals surface area contributed by atoms with Crippen LogP contribution >= 0.6 is 11.6 Å². The van der Waals surface area contributed by atoms with Crippen LogP contribution in [-0.2, 0) is 4.79 Å². The topological polar surface area (TPSA) is 129 Å². The van der Waals surface area contributed by atoms with Crippen molar-refractivity contribution in [2.24, 2.45) is 0 Å². The van der Waals surface area contributed by atoms with E-state index in [0.717, 1.165) is 22.3 Å². The Bertz CT molecular complexity index is 1360. The number of aliphatic carboxylic acids is 1. The third kappa shape index (κ3) is 6.71. The first kappa shape index (κ1) is 26.4. The van der Waals surface area contributed by atoms with Crippen LogP contribution in [0.15, 0.2) is 67.0 Å². The number of nitrogens with zero attached hydrogens (tertiary/aromatic N) is 3. The number of hydrogen-bond donors (Lipinski definition) is 4. The Morgan fingerprint density at radius 3 is 2.39 bits per heavy atom. The second kappa shape index (κ2) is 11.5. The van der Waals surface area contributed by atoms with Crippen LogP contribution in [-0.4, -0.2) is 56.2 Å². The van der Waals surface area contributed by atoms with Crippen molar-refractivity contribution in [3.05, 3.63) is 77.6 Å². The summed E-state index contributed by atoms with van der Waals surface area (Å²) in [4.78, 5) is 25.2. The van der Waals surface area contributed by atoms with Gasteiger partial charge in [0.25, 0.3) is 5.91 Å². The Labute approximate surface area is 207 Å². The van der Waals surface area contributed by atoms with Gasteiger partial charge in [-0.25, -0.2) is 14.5 Å². The molecule has 0 radical (unpaired) electrons. The average molecular weight is 522 g/mol. The molecule has 0 aliphatic rings. The van der Waals surface area contributed by atoms with E-state index >= 15 is 0 Å². The van der Waals surface area contributed by atoms with Crippen molar-refractivity contribution in [1.82, 2.24) is 20.1 Å². The number of rotatable bonds is 6. The highest BCUT2D eigenvalue weighted by molar-refractivity contribution is 6.33. The fourth-order valence-corrected chi connectivity index (χ4v) is 3.11. The summed E-state index contributed by atoms with van der Waals surface area (Å²) in [6.07, 6.45) is -1.83. The lowest BCUT2D eigenvalue weighted by Crippen LogP contribution is -2.26. The molecule has 0 atom stereocenters. The molecule has 0 bridgehead atoms. The number of para-hydroxylation sites is 1. The minimum Gasteiger partial charge on any atom is -0.475 e. The van der Waals surface area contributed by atoms with Gasteiger partial charge in [0, 0.05) is 23.8 Å². The fourth-order valence-electron chi connectivity index (χ4n) is 2.93. The number of carbonyl (C=O) groups excluding carboxylic acids is 1. The lowest BCUT2D eigenvalue weighted by Gasteiger charge is -2.09. The second-order valence-electron chi connectivity index (χ2n) is 7.12. The van der Waals surface area contributed by atoms with Crippen molar-refractivity contribution in [2.45, 2.75) is 6.18 Å². The van der Waals surface area contributed by atoms with Gasteiger partial charge < -0.3 is 20.8 Å². The van der Waals surface area contributed by atoms with E-state index in [4.69, 9.17) is 26.6 Å². The van der Waals surface area contributed by atoms with E-state index in [1.807, 2.05) is 42.5 Å². The standard InChI is InChI=1S/C21H18ClN5O2.C2HF3O2/c22-17-3-1-2-4-18(17)26-16-6-7-19-15(11-16)13-25-27(19)20-8-5-14(12-24-20)21(29)23-9-10-28;3-2(4,5)1(6)7/h1-8,11-13,26,28H,9-10H2,(H,23,29);(H,6,7). The minimum atomic E-state index is -5.08. The molecule has 0 aliphatic heterocycles. The highest BCUT2D eigenvalue weighted by Gasteiger charge is 2.38. The van der Waals surface area contributed by atoms with Crippen molar-refractivity contribution < 1.29 is 33.0 Å². The number of anilines is 2. The number of aliphatic hydroxyl groups is 1. The average Bonchev–Trinajstić information content (AvgIpc) is 3.27.